The second kappa shape index (κ2) is 6.00. The van der Waals surface area contributed by atoms with E-state index >= 15 is 0 Å². The Morgan fingerprint density at radius 3 is 2.90 bits per heavy atom. The number of nitrogens with zero attached hydrogens (tertiary/aromatic N) is 4. The van der Waals surface area contributed by atoms with Crippen molar-refractivity contribution in [2.45, 2.75) is 26.4 Å². The largest absolute Gasteiger partial charge is 0.377 e. The first-order valence-corrected chi connectivity index (χ1v) is 6.60. The highest BCUT2D eigenvalue weighted by molar-refractivity contribution is 5.62. The monoisotopic (exact) mass is 281 g/mol. The summed E-state index contributed by atoms with van der Waals surface area (Å²) in [5.41, 5.74) is 0.334. The molecule has 1 atom stereocenters. The van der Waals surface area contributed by atoms with Crippen LogP contribution in [0.15, 0.2) is 0 Å². The van der Waals surface area contributed by atoms with Gasteiger partial charge < -0.3 is 15.0 Å². The molecule has 8 heteroatoms. The van der Waals surface area contributed by atoms with Crippen LogP contribution < -0.4 is 10.2 Å². The summed E-state index contributed by atoms with van der Waals surface area (Å²) in [6.07, 6.45) is 0.838. The second-order valence-corrected chi connectivity index (χ2v) is 4.79. The van der Waals surface area contributed by atoms with E-state index in [1.165, 1.54) is 0 Å². The Balaban J connectivity index is 2.46. The van der Waals surface area contributed by atoms with Gasteiger partial charge in [-0.05, 0) is 20.3 Å². The number of anilines is 2. The Bertz CT molecular complexity index is 508. The molecule has 8 nitrogen and oxygen atoms in total. The van der Waals surface area contributed by atoms with Crippen molar-refractivity contribution in [3.05, 3.63) is 15.8 Å². The molecule has 0 saturated carbocycles. The van der Waals surface area contributed by atoms with E-state index in [2.05, 4.69) is 15.3 Å². The molecule has 0 spiro atoms. The van der Waals surface area contributed by atoms with Crippen LogP contribution in [0.3, 0.4) is 0 Å². The molecule has 1 unspecified atom stereocenters. The average Bonchev–Trinajstić information content (AvgIpc) is 2.61. The first-order chi connectivity index (χ1) is 9.52. The average molecular weight is 281 g/mol. The van der Waals surface area contributed by atoms with E-state index in [1.807, 2.05) is 11.8 Å². The number of ether oxygens (including phenoxy) is 1. The Kier molecular flexibility index (Phi) is 4.33. The summed E-state index contributed by atoms with van der Waals surface area (Å²) in [4.78, 5) is 21.2. The summed E-state index contributed by atoms with van der Waals surface area (Å²) in [5, 5.41) is 14.1. The van der Waals surface area contributed by atoms with E-state index in [4.69, 9.17) is 4.74 Å². The van der Waals surface area contributed by atoms with Crippen molar-refractivity contribution < 1.29 is 9.66 Å². The molecule has 1 aliphatic heterocycles. The zero-order chi connectivity index (χ0) is 14.7. The number of hydrogen-bond acceptors (Lipinski definition) is 7. The van der Waals surface area contributed by atoms with Gasteiger partial charge in [0, 0.05) is 26.7 Å². The third-order valence-electron chi connectivity index (χ3n) is 3.20. The zero-order valence-electron chi connectivity index (χ0n) is 11.9. The maximum absolute atomic E-state index is 11.3. The van der Waals surface area contributed by atoms with Gasteiger partial charge in [-0.25, -0.2) is 4.98 Å². The molecule has 110 valence electrons. The second-order valence-electron chi connectivity index (χ2n) is 4.79. The molecule has 0 radical (unpaired) electrons. The lowest BCUT2D eigenvalue weighted by Crippen LogP contribution is -2.32. The molecule has 0 aliphatic carbocycles. The third-order valence-corrected chi connectivity index (χ3v) is 3.20. The predicted octanol–water partition coefficient (Wildman–Crippen LogP) is 1.35. The summed E-state index contributed by atoms with van der Waals surface area (Å²) < 4.78 is 5.57. The van der Waals surface area contributed by atoms with Gasteiger partial charge in [-0.1, -0.05) is 0 Å². The van der Waals surface area contributed by atoms with Gasteiger partial charge in [-0.15, -0.1) is 0 Å². The predicted molar refractivity (Wildman–Crippen MR) is 75.2 cm³/mol. The molecule has 1 aromatic heterocycles. The summed E-state index contributed by atoms with van der Waals surface area (Å²) in [6.45, 7) is 5.51. The lowest BCUT2D eigenvalue weighted by Gasteiger charge is -2.23. The van der Waals surface area contributed by atoms with Crippen molar-refractivity contribution in [3.8, 4) is 0 Å². The van der Waals surface area contributed by atoms with E-state index in [9.17, 15) is 10.1 Å². The highest BCUT2D eigenvalue weighted by atomic mass is 16.6. The van der Waals surface area contributed by atoms with Gasteiger partial charge in [-0.3, -0.25) is 10.1 Å². The highest BCUT2D eigenvalue weighted by Gasteiger charge is 2.28. The Morgan fingerprint density at radius 2 is 2.25 bits per heavy atom. The molecule has 0 aromatic carbocycles. The minimum Gasteiger partial charge on any atom is -0.377 e. The van der Waals surface area contributed by atoms with Gasteiger partial charge in [0.1, 0.15) is 5.69 Å². The number of aromatic nitrogens is 2. The minimum atomic E-state index is -0.416. The van der Waals surface area contributed by atoms with Crippen LogP contribution in [0.2, 0.25) is 0 Å². The minimum absolute atomic E-state index is 0.0189. The fourth-order valence-electron chi connectivity index (χ4n) is 2.28. The van der Waals surface area contributed by atoms with E-state index < -0.39 is 4.92 Å². The SMILES string of the molecule is CNc1nc(C)c([N+](=O)[O-])c(N2CCCOC(C)C2)n1. The normalized spacial score (nSPS) is 19.6. The Hall–Kier alpha value is -1.96. The zero-order valence-corrected chi connectivity index (χ0v) is 11.9. The maximum Gasteiger partial charge on any atom is 0.332 e. The molecular formula is C12H19N5O3. The lowest BCUT2D eigenvalue weighted by atomic mass is 10.3. The Labute approximate surface area is 117 Å². The van der Waals surface area contributed by atoms with Crippen molar-refractivity contribution in [3.63, 3.8) is 0 Å². The van der Waals surface area contributed by atoms with Crippen LogP contribution in [0.4, 0.5) is 17.5 Å². The molecule has 2 heterocycles. The lowest BCUT2D eigenvalue weighted by molar-refractivity contribution is -0.385. The quantitative estimate of drug-likeness (QED) is 0.660. The van der Waals surface area contributed by atoms with Crippen LogP contribution in [0.25, 0.3) is 0 Å². The summed E-state index contributed by atoms with van der Waals surface area (Å²) in [7, 11) is 1.69. The molecule has 20 heavy (non-hydrogen) atoms. The number of nitro groups is 1. The standard InChI is InChI=1S/C12H19N5O3/c1-8-7-16(5-4-6-20-8)11-10(17(18)19)9(2)14-12(13-3)15-11/h8H,4-7H2,1-3H3,(H,13,14,15). The summed E-state index contributed by atoms with van der Waals surface area (Å²) in [5.74, 6) is 0.755. The molecule has 1 aromatic rings. The molecule has 1 N–H and O–H groups in total. The van der Waals surface area contributed by atoms with Gasteiger partial charge in [0.25, 0.3) is 0 Å². The van der Waals surface area contributed by atoms with Crippen molar-refractivity contribution in [2.75, 3.05) is 37.0 Å². The highest BCUT2D eigenvalue weighted by Crippen LogP contribution is 2.30. The van der Waals surface area contributed by atoms with E-state index in [0.29, 0.717) is 37.2 Å². The summed E-state index contributed by atoms with van der Waals surface area (Å²) in [6, 6.07) is 0. The first-order valence-electron chi connectivity index (χ1n) is 6.60. The van der Waals surface area contributed by atoms with Crippen LogP contribution >= 0.6 is 0 Å². The molecular weight excluding hydrogens is 262 g/mol. The first kappa shape index (κ1) is 14.4. The molecule has 0 amide bonds. The topological polar surface area (TPSA) is 93.4 Å². The van der Waals surface area contributed by atoms with Crippen molar-refractivity contribution >= 4 is 17.5 Å². The van der Waals surface area contributed by atoms with Gasteiger partial charge in [-0.2, -0.15) is 4.98 Å². The Morgan fingerprint density at radius 1 is 1.50 bits per heavy atom. The molecule has 1 fully saturated rings. The van der Waals surface area contributed by atoms with Gasteiger partial charge in [0.2, 0.25) is 11.8 Å². The number of hydrogen-bond donors (Lipinski definition) is 1. The van der Waals surface area contributed by atoms with Crippen molar-refractivity contribution in [1.29, 1.82) is 0 Å². The van der Waals surface area contributed by atoms with E-state index in [1.54, 1.807) is 14.0 Å². The van der Waals surface area contributed by atoms with Gasteiger partial charge in [0.05, 0.1) is 11.0 Å². The smallest absolute Gasteiger partial charge is 0.332 e. The van der Waals surface area contributed by atoms with E-state index in [-0.39, 0.29) is 11.8 Å². The van der Waals surface area contributed by atoms with Crippen LogP contribution in [-0.4, -0.2) is 47.7 Å². The molecule has 1 saturated heterocycles. The number of rotatable bonds is 3. The third kappa shape index (κ3) is 2.96. The number of aryl methyl sites for hydroxylation is 1. The molecule has 0 bridgehead atoms. The fourth-order valence-corrected chi connectivity index (χ4v) is 2.28. The van der Waals surface area contributed by atoms with Gasteiger partial charge in [0.15, 0.2) is 0 Å². The van der Waals surface area contributed by atoms with Crippen LogP contribution in [-0.2, 0) is 4.74 Å². The maximum atomic E-state index is 11.3. The van der Waals surface area contributed by atoms with Crippen molar-refractivity contribution in [2.24, 2.45) is 0 Å². The van der Waals surface area contributed by atoms with Crippen LogP contribution in [0.1, 0.15) is 19.0 Å². The van der Waals surface area contributed by atoms with E-state index in [0.717, 1.165) is 6.42 Å². The fraction of sp³-hybridized carbons (Fsp3) is 0.667. The molecule has 1 aliphatic rings. The van der Waals surface area contributed by atoms with Crippen molar-refractivity contribution in [1.82, 2.24) is 9.97 Å². The van der Waals surface area contributed by atoms with Gasteiger partial charge >= 0.3 is 5.69 Å². The number of nitrogens with one attached hydrogen (secondary N) is 1. The van der Waals surface area contributed by atoms with Crippen LogP contribution in [0, 0.1) is 17.0 Å². The summed E-state index contributed by atoms with van der Waals surface area (Å²) >= 11 is 0. The molecule has 2 rings (SSSR count). The van der Waals surface area contributed by atoms with Crippen LogP contribution in [0.5, 0.6) is 0 Å².